The number of hydrogen-bond acceptors (Lipinski definition) is 14. The van der Waals surface area contributed by atoms with E-state index in [4.69, 9.17) is 46.7 Å². The van der Waals surface area contributed by atoms with Crippen molar-refractivity contribution in [3.63, 3.8) is 0 Å². The highest BCUT2D eigenvalue weighted by Crippen LogP contribution is 2.39. The minimum atomic E-state index is -0.598. The zero-order valence-corrected chi connectivity index (χ0v) is 27.0. The monoisotopic (exact) mass is 664 g/mol. The number of methoxy groups -OCH3 is 4. The molecule has 0 amide bonds. The molecule has 252 valence electrons. The van der Waals surface area contributed by atoms with Crippen LogP contribution in [0.5, 0.6) is 23.0 Å². The fourth-order valence-electron chi connectivity index (χ4n) is 5.14. The normalized spacial score (nSPS) is 11.3. The summed E-state index contributed by atoms with van der Waals surface area (Å²) >= 11 is 0. The van der Waals surface area contributed by atoms with Gasteiger partial charge in [-0.25, -0.2) is 0 Å². The SMILES string of the molecule is COCOc1cc2occ(-c3c(C(C)=O)cc4c(=O)c5cc(OCOC)c(OCOC)cc5oc4c3C(C)=O)c(=O)c2cc1OCOC. The predicted molar refractivity (Wildman–Crippen MR) is 171 cm³/mol. The zero-order chi connectivity index (χ0) is 34.5. The second-order valence-electron chi connectivity index (χ2n) is 10.4. The van der Waals surface area contributed by atoms with Gasteiger partial charge in [-0.1, -0.05) is 0 Å². The largest absolute Gasteiger partial charge is 0.464 e. The summed E-state index contributed by atoms with van der Waals surface area (Å²) in [5.74, 6) is -0.390. The molecule has 0 aliphatic rings. The molecule has 2 aromatic heterocycles. The first-order valence-electron chi connectivity index (χ1n) is 14.3. The minimum Gasteiger partial charge on any atom is -0.464 e. The smallest absolute Gasteiger partial charge is 0.200 e. The molecule has 0 aliphatic carbocycles. The minimum absolute atomic E-state index is 0.0430. The molecule has 0 saturated heterocycles. The summed E-state index contributed by atoms with van der Waals surface area (Å²) in [6, 6.07) is 6.97. The van der Waals surface area contributed by atoms with Gasteiger partial charge < -0.3 is 46.7 Å². The molecule has 0 atom stereocenters. The molecule has 5 rings (SSSR count). The van der Waals surface area contributed by atoms with E-state index in [1.165, 1.54) is 72.6 Å². The van der Waals surface area contributed by atoms with Gasteiger partial charge in [-0.3, -0.25) is 19.2 Å². The summed E-state index contributed by atoms with van der Waals surface area (Å²) in [6.07, 6.45) is 1.13. The highest BCUT2D eigenvalue weighted by Gasteiger charge is 2.28. The second kappa shape index (κ2) is 14.6. The Balaban J connectivity index is 1.83. The first-order valence-corrected chi connectivity index (χ1v) is 14.3. The Labute approximate surface area is 272 Å². The Morgan fingerprint density at radius 1 is 0.604 bits per heavy atom. The van der Waals surface area contributed by atoms with Crippen LogP contribution < -0.4 is 29.8 Å². The molecule has 48 heavy (non-hydrogen) atoms. The molecule has 0 bridgehead atoms. The Hall–Kier alpha value is -5.28. The van der Waals surface area contributed by atoms with Crippen LogP contribution in [0.1, 0.15) is 34.6 Å². The van der Waals surface area contributed by atoms with E-state index in [2.05, 4.69) is 0 Å². The zero-order valence-electron chi connectivity index (χ0n) is 27.0. The van der Waals surface area contributed by atoms with Crippen molar-refractivity contribution in [2.24, 2.45) is 0 Å². The fraction of sp³-hybridized carbons (Fsp3) is 0.294. The number of carbonyl (C=O) groups is 2. The summed E-state index contributed by atoms with van der Waals surface area (Å²) in [6.45, 7) is 1.94. The molecule has 0 spiro atoms. The van der Waals surface area contributed by atoms with Crippen LogP contribution in [0.3, 0.4) is 0 Å². The van der Waals surface area contributed by atoms with Gasteiger partial charge >= 0.3 is 0 Å². The number of hydrogen-bond donors (Lipinski definition) is 0. The van der Waals surface area contributed by atoms with Crippen molar-refractivity contribution in [2.45, 2.75) is 13.8 Å². The van der Waals surface area contributed by atoms with Crippen LogP contribution in [0, 0.1) is 0 Å². The summed E-state index contributed by atoms with van der Waals surface area (Å²) in [4.78, 5) is 54.6. The van der Waals surface area contributed by atoms with E-state index in [1.807, 2.05) is 0 Å². The van der Waals surface area contributed by atoms with Gasteiger partial charge in [-0.2, -0.15) is 0 Å². The Morgan fingerprint density at radius 2 is 1.08 bits per heavy atom. The Bertz CT molecular complexity index is 2140. The van der Waals surface area contributed by atoms with E-state index in [0.29, 0.717) is 0 Å². The van der Waals surface area contributed by atoms with Crippen molar-refractivity contribution in [3.05, 3.63) is 68.2 Å². The van der Waals surface area contributed by atoms with E-state index in [9.17, 15) is 19.2 Å². The molecule has 0 fully saturated rings. The van der Waals surface area contributed by atoms with E-state index >= 15 is 0 Å². The molecule has 0 radical (unpaired) electrons. The first-order chi connectivity index (χ1) is 23.1. The van der Waals surface area contributed by atoms with E-state index < -0.39 is 22.4 Å². The molecule has 0 N–H and O–H groups in total. The van der Waals surface area contributed by atoms with Crippen molar-refractivity contribution < 1.29 is 56.3 Å². The predicted octanol–water partition coefficient (Wildman–Crippen LogP) is 5.06. The van der Waals surface area contributed by atoms with Crippen molar-refractivity contribution in [2.75, 3.05) is 55.6 Å². The summed E-state index contributed by atoms with van der Waals surface area (Å²) in [5.41, 5.74) is -1.56. The average Bonchev–Trinajstić information content (AvgIpc) is 3.07. The maximum atomic E-state index is 14.1. The quantitative estimate of drug-likeness (QED) is 0.0827. The van der Waals surface area contributed by atoms with Crippen LogP contribution in [0.2, 0.25) is 0 Å². The summed E-state index contributed by atoms with van der Waals surface area (Å²) in [5, 5.41) is 0.0663. The van der Waals surface area contributed by atoms with Crippen LogP contribution in [0.15, 0.2) is 55.0 Å². The van der Waals surface area contributed by atoms with Crippen molar-refractivity contribution >= 4 is 44.5 Å². The van der Waals surface area contributed by atoms with Gasteiger partial charge in [0.25, 0.3) is 0 Å². The lowest BCUT2D eigenvalue weighted by atomic mass is 9.88. The molecule has 3 aromatic carbocycles. The number of fused-ring (bicyclic) bond motifs is 3. The highest BCUT2D eigenvalue weighted by atomic mass is 16.7. The molecule has 14 nitrogen and oxygen atoms in total. The van der Waals surface area contributed by atoms with Gasteiger partial charge in [-0.05, 0) is 32.0 Å². The average molecular weight is 665 g/mol. The molecule has 2 heterocycles. The van der Waals surface area contributed by atoms with E-state index in [-0.39, 0.29) is 105 Å². The maximum Gasteiger partial charge on any atom is 0.200 e. The second-order valence-corrected chi connectivity index (χ2v) is 10.4. The molecular weight excluding hydrogens is 632 g/mol. The fourth-order valence-corrected chi connectivity index (χ4v) is 5.14. The number of Topliss-reactive ketones (excluding diaryl/α,β-unsaturated/α-hetero) is 2. The number of ether oxygens (including phenoxy) is 8. The summed E-state index contributed by atoms with van der Waals surface area (Å²) < 4.78 is 54.5. The summed E-state index contributed by atoms with van der Waals surface area (Å²) in [7, 11) is 5.74. The van der Waals surface area contributed by atoms with Crippen LogP contribution >= 0.6 is 0 Å². The number of rotatable bonds is 15. The van der Waals surface area contributed by atoms with Gasteiger partial charge in [0.2, 0.25) is 10.9 Å². The number of benzene rings is 3. The Kier molecular flexibility index (Phi) is 10.4. The van der Waals surface area contributed by atoms with Crippen LogP contribution in [-0.2, 0) is 18.9 Å². The van der Waals surface area contributed by atoms with Crippen LogP contribution in [-0.4, -0.2) is 67.2 Å². The van der Waals surface area contributed by atoms with E-state index in [1.54, 1.807) is 0 Å². The standard InChI is InChI=1S/C34H32O14/c1-17(35)19-7-22-32(37)21-9-27(45-14-40-4)29(47-16-42-6)11-25(21)48-34(22)30(18(2)36)31(19)23-12-43-24-10-28(46-15-41-5)26(44-13-39-3)8-20(24)33(23)38/h7-12H,13-16H2,1-6H3. The third kappa shape index (κ3) is 6.46. The molecule has 14 heteroatoms. The van der Waals surface area contributed by atoms with Gasteiger partial charge in [0, 0.05) is 51.7 Å². The van der Waals surface area contributed by atoms with Crippen molar-refractivity contribution in [3.8, 4) is 34.1 Å². The van der Waals surface area contributed by atoms with Crippen molar-refractivity contribution in [1.82, 2.24) is 0 Å². The molecular formula is C34H32O14. The highest BCUT2D eigenvalue weighted by molar-refractivity contribution is 6.17. The molecule has 0 saturated carbocycles. The van der Waals surface area contributed by atoms with Gasteiger partial charge in [0.05, 0.1) is 27.3 Å². The van der Waals surface area contributed by atoms with Crippen LogP contribution in [0.4, 0.5) is 0 Å². The molecule has 0 unspecified atom stereocenters. The topological polar surface area (TPSA) is 168 Å². The van der Waals surface area contributed by atoms with Crippen LogP contribution in [0.25, 0.3) is 44.0 Å². The van der Waals surface area contributed by atoms with Gasteiger partial charge in [0.15, 0.2) is 61.7 Å². The molecule has 5 aromatic rings. The third-order valence-electron chi connectivity index (χ3n) is 7.20. The molecule has 0 aliphatic heterocycles. The third-order valence-corrected chi connectivity index (χ3v) is 7.20. The number of carbonyl (C=O) groups excluding carboxylic acids is 2. The maximum absolute atomic E-state index is 14.1. The van der Waals surface area contributed by atoms with Crippen molar-refractivity contribution in [1.29, 1.82) is 0 Å². The number of ketones is 2. The Morgan fingerprint density at radius 3 is 1.56 bits per heavy atom. The lowest BCUT2D eigenvalue weighted by Gasteiger charge is -2.16. The lowest BCUT2D eigenvalue weighted by Crippen LogP contribution is -2.15. The van der Waals surface area contributed by atoms with Gasteiger partial charge in [-0.15, -0.1) is 0 Å². The first kappa shape index (κ1) is 34.1. The lowest BCUT2D eigenvalue weighted by molar-refractivity contribution is 0.0324. The van der Waals surface area contributed by atoms with E-state index in [0.717, 1.165) is 6.26 Å². The van der Waals surface area contributed by atoms with Gasteiger partial charge in [0.1, 0.15) is 23.0 Å².